The van der Waals surface area contributed by atoms with Crippen molar-refractivity contribution in [1.82, 2.24) is 4.98 Å². The molecule has 96 valence electrons. The molecule has 0 spiro atoms. The van der Waals surface area contributed by atoms with Gasteiger partial charge in [-0.05, 0) is 25.5 Å². The summed E-state index contributed by atoms with van der Waals surface area (Å²) in [5.41, 5.74) is -1.42. The summed E-state index contributed by atoms with van der Waals surface area (Å²) in [6.45, 7) is 2.81. The molecule has 1 aromatic carbocycles. The summed E-state index contributed by atoms with van der Waals surface area (Å²) < 4.78 is 38.3. The fourth-order valence-corrected chi connectivity index (χ4v) is 2.10. The molecule has 1 N–H and O–H groups in total. The van der Waals surface area contributed by atoms with E-state index in [4.69, 9.17) is 11.6 Å². The van der Waals surface area contributed by atoms with Gasteiger partial charge in [-0.2, -0.15) is 13.2 Å². The third-order valence-electron chi connectivity index (χ3n) is 2.84. The SMILES string of the molecule is Cc1c(C(F)(F)F)[nH]c2c(Cl)ccc(C)c2c1=O. The van der Waals surface area contributed by atoms with Crippen LogP contribution in [0, 0.1) is 13.8 Å². The van der Waals surface area contributed by atoms with Gasteiger partial charge in [0.05, 0.1) is 15.9 Å². The molecule has 0 amide bonds. The second-order valence-corrected chi connectivity index (χ2v) is 4.47. The van der Waals surface area contributed by atoms with Crippen molar-refractivity contribution in [2.24, 2.45) is 0 Å². The molecule has 0 bridgehead atoms. The van der Waals surface area contributed by atoms with Gasteiger partial charge in [0.1, 0.15) is 5.69 Å². The van der Waals surface area contributed by atoms with Crippen LogP contribution in [0.4, 0.5) is 13.2 Å². The molecule has 1 aromatic heterocycles. The Balaban J connectivity index is 3.02. The van der Waals surface area contributed by atoms with Gasteiger partial charge in [-0.25, -0.2) is 0 Å². The topological polar surface area (TPSA) is 32.9 Å². The molecule has 0 aliphatic rings. The zero-order chi connectivity index (χ0) is 13.7. The summed E-state index contributed by atoms with van der Waals surface area (Å²) >= 11 is 5.84. The first-order valence-electron chi connectivity index (χ1n) is 5.12. The van der Waals surface area contributed by atoms with Gasteiger partial charge in [0, 0.05) is 5.56 Å². The zero-order valence-electron chi connectivity index (χ0n) is 9.57. The highest BCUT2D eigenvalue weighted by atomic mass is 35.5. The number of nitrogens with one attached hydrogen (secondary N) is 1. The van der Waals surface area contributed by atoms with Crippen LogP contribution in [0.25, 0.3) is 10.9 Å². The van der Waals surface area contributed by atoms with Crippen LogP contribution in [0.3, 0.4) is 0 Å². The normalized spacial score (nSPS) is 12.1. The van der Waals surface area contributed by atoms with Crippen LogP contribution in [-0.4, -0.2) is 4.98 Å². The molecule has 0 unspecified atom stereocenters. The lowest BCUT2D eigenvalue weighted by Crippen LogP contribution is -2.19. The lowest BCUT2D eigenvalue weighted by atomic mass is 10.0. The third-order valence-corrected chi connectivity index (χ3v) is 3.15. The molecule has 0 saturated heterocycles. The van der Waals surface area contributed by atoms with E-state index in [0.29, 0.717) is 5.56 Å². The van der Waals surface area contributed by atoms with E-state index in [-0.39, 0.29) is 21.5 Å². The number of hydrogen-bond donors (Lipinski definition) is 1. The van der Waals surface area contributed by atoms with Crippen molar-refractivity contribution in [3.05, 3.63) is 44.2 Å². The van der Waals surface area contributed by atoms with E-state index in [2.05, 4.69) is 4.98 Å². The fourth-order valence-electron chi connectivity index (χ4n) is 1.90. The fraction of sp³-hybridized carbons (Fsp3) is 0.250. The number of benzene rings is 1. The third kappa shape index (κ3) is 1.88. The molecule has 0 aliphatic heterocycles. The number of aromatic nitrogens is 1. The smallest absolute Gasteiger partial charge is 0.349 e. The summed E-state index contributed by atoms with van der Waals surface area (Å²) in [7, 11) is 0. The van der Waals surface area contributed by atoms with Crippen LogP contribution in [-0.2, 0) is 6.18 Å². The molecule has 0 radical (unpaired) electrons. The van der Waals surface area contributed by atoms with Crippen molar-refractivity contribution in [3.8, 4) is 0 Å². The summed E-state index contributed by atoms with van der Waals surface area (Å²) in [6.07, 6.45) is -4.61. The highest BCUT2D eigenvalue weighted by molar-refractivity contribution is 6.35. The molecule has 0 aliphatic carbocycles. The van der Waals surface area contributed by atoms with Crippen LogP contribution in [0.5, 0.6) is 0 Å². The van der Waals surface area contributed by atoms with Gasteiger partial charge in [-0.15, -0.1) is 0 Å². The summed E-state index contributed by atoms with van der Waals surface area (Å²) in [6, 6.07) is 3.07. The maximum atomic E-state index is 12.8. The zero-order valence-corrected chi connectivity index (χ0v) is 10.3. The molecular formula is C12H9ClF3NO. The minimum atomic E-state index is -4.61. The Morgan fingerprint density at radius 2 is 1.83 bits per heavy atom. The number of alkyl halides is 3. The van der Waals surface area contributed by atoms with E-state index in [0.717, 1.165) is 6.92 Å². The monoisotopic (exact) mass is 275 g/mol. The maximum Gasteiger partial charge on any atom is 0.431 e. The standard InChI is InChI=1S/C12H9ClF3NO/c1-5-3-4-7(13)9-8(5)10(18)6(2)11(17-9)12(14,15)16/h3-4H,1-2H3,(H,17,18). The predicted molar refractivity (Wildman–Crippen MR) is 64.1 cm³/mol. The van der Waals surface area contributed by atoms with Gasteiger partial charge >= 0.3 is 6.18 Å². The molecule has 1 heterocycles. The molecule has 0 atom stereocenters. The summed E-state index contributed by atoms with van der Waals surface area (Å²) in [5.74, 6) is 0. The van der Waals surface area contributed by atoms with Gasteiger partial charge in [0.25, 0.3) is 0 Å². The number of rotatable bonds is 0. The number of H-pyrrole nitrogens is 1. The highest BCUT2D eigenvalue weighted by Gasteiger charge is 2.35. The summed E-state index contributed by atoms with van der Waals surface area (Å²) in [4.78, 5) is 14.2. The first-order valence-corrected chi connectivity index (χ1v) is 5.50. The Hall–Kier alpha value is -1.49. The second kappa shape index (κ2) is 4.02. The van der Waals surface area contributed by atoms with Crippen LogP contribution in [0.1, 0.15) is 16.8 Å². The van der Waals surface area contributed by atoms with Gasteiger partial charge in [-0.3, -0.25) is 4.79 Å². The molecular weight excluding hydrogens is 267 g/mol. The lowest BCUT2D eigenvalue weighted by molar-refractivity contribution is -0.141. The van der Waals surface area contributed by atoms with E-state index in [1.807, 2.05) is 0 Å². The van der Waals surface area contributed by atoms with E-state index >= 15 is 0 Å². The van der Waals surface area contributed by atoms with E-state index in [9.17, 15) is 18.0 Å². The molecule has 18 heavy (non-hydrogen) atoms. The molecule has 0 saturated carbocycles. The Morgan fingerprint density at radius 1 is 1.22 bits per heavy atom. The quantitative estimate of drug-likeness (QED) is 0.779. The van der Waals surface area contributed by atoms with Crippen molar-refractivity contribution in [2.45, 2.75) is 20.0 Å². The summed E-state index contributed by atoms with van der Waals surface area (Å²) in [5, 5.41) is 0.297. The number of aryl methyl sites for hydroxylation is 1. The van der Waals surface area contributed by atoms with Crippen LogP contribution in [0.15, 0.2) is 16.9 Å². The number of hydrogen-bond acceptors (Lipinski definition) is 1. The lowest BCUT2D eigenvalue weighted by Gasteiger charge is -2.13. The number of aromatic amines is 1. The predicted octanol–water partition coefficient (Wildman–Crippen LogP) is 3.82. The van der Waals surface area contributed by atoms with Crippen LogP contribution >= 0.6 is 11.6 Å². The van der Waals surface area contributed by atoms with Gasteiger partial charge in [0.15, 0.2) is 5.43 Å². The second-order valence-electron chi connectivity index (χ2n) is 4.07. The minimum Gasteiger partial charge on any atom is -0.349 e. The molecule has 0 fully saturated rings. The van der Waals surface area contributed by atoms with Crippen molar-refractivity contribution < 1.29 is 13.2 Å². The largest absolute Gasteiger partial charge is 0.431 e. The molecule has 2 rings (SSSR count). The highest BCUT2D eigenvalue weighted by Crippen LogP contribution is 2.32. The van der Waals surface area contributed by atoms with E-state index in [1.165, 1.54) is 6.07 Å². The van der Waals surface area contributed by atoms with Gasteiger partial charge in [-0.1, -0.05) is 17.7 Å². The van der Waals surface area contributed by atoms with Crippen molar-refractivity contribution in [2.75, 3.05) is 0 Å². The van der Waals surface area contributed by atoms with Crippen molar-refractivity contribution in [3.63, 3.8) is 0 Å². The number of halogens is 4. The Bertz CT molecular complexity index is 688. The van der Waals surface area contributed by atoms with E-state index < -0.39 is 17.3 Å². The molecule has 6 heteroatoms. The average molecular weight is 276 g/mol. The first kappa shape index (κ1) is 13.0. The first-order chi connectivity index (χ1) is 8.23. The minimum absolute atomic E-state index is 0.0274. The van der Waals surface area contributed by atoms with Crippen LogP contribution < -0.4 is 5.43 Å². The Kier molecular flexibility index (Phi) is 2.89. The maximum absolute atomic E-state index is 12.8. The van der Waals surface area contributed by atoms with Crippen molar-refractivity contribution >= 4 is 22.5 Å². The van der Waals surface area contributed by atoms with Crippen LogP contribution in [0.2, 0.25) is 5.02 Å². The Morgan fingerprint density at radius 3 is 2.39 bits per heavy atom. The molecule has 2 aromatic rings. The van der Waals surface area contributed by atoms with E-state index in [1.54, 1.807) is 13.0 Å². The van der Waals surface area contributed by atoms with Gasteiger partial charge in [0.2, 0.25) is 0 Å². The molecule has 2 nitrogen and oxygen atoms in total. The van der Waals surface area contributed by atoms with Crippen molar-refractivity contribution in [1.29, 1.82) is 0 Å². The average Bonchev–Trinajstić information content (AvgIpc) is 2.26. The number of fused-ring (bicyclic) bond motifs is 1. The number of pyridine rings is 1. The Labute approximate surface area is 105 Å². The van der Waals surface area contributed by atoms with Gasteiger partial charge < -0.3 is 4.98 Å².